The molecule has 1 aliphatic heterocycles. The first-order valence-electron chi connectivity index (χ1n) is 5.89. The molecule has 0 radical (unpaired) electrons. The number of nitrogens with zero attached hydrogens (tertiary/aromatic N) is 2. The molecule has 0 atom stereocenters. The lowest BCUT2D eigenvalue weighted by atomic mass is 10.1. The number of aromatic nitrogens is 2. The van der Waals surface area contributed by atoms with E-state index in [4.69, 9.17) is 0 Å². The van der Waals surface area contributed by atoms with Crippen LogP contribution in [0.5, 0.6) is 0 Å². The minimum atomic E-state index is -0.0151. The number of carbonyl (C=O) groups excluding carboxylic acids is 1. The maximum Gasteiger partial charge on any atom is 0.323 e. The van der Waals surface area contributed by atoms with E-state index in [-0.39, 0.29) is 6.03 Å². The Hall–Kier alpha value is -1.52. The first-order valence-corrected chi connectivity index (χ1v) is 5.89. The third-order valence-electron chi connectivity index (χ3n) is 2.97. The van der Waals surface area contributed by atoms with E-state index in [1.165, 1.54) is 6.42 Å². The minimum Gasteiger partial charge on any atom is -0.325 e. The topological polar surface area (TPSA) is 61.0 Å². The van der Waals surface area contributed by atoms with Crippen LogP contribution in [0.2, 0.25) is 0 Å². The number of aryl methyl sites for hydroxylation is 1. The van der Waals surface area contributed by atoms with Gasteiger partial charge in [0.15, 0.2) is 0 Å². The summed E-state index contributed by atoms with van der Waals surface area (Å²) in [7, 11) is 0. The monoisotopic (exact) mass is 222 g/mol. The van der Waals surface area contributed by atoms with Crippen LogP contribution in [0.3, 0.4) is 0 Å². The highest BCUT2D eigenvalue weighted by Gasteiger charge is 2.17. The smallest absolute Gasteiger partial charge is 0.323 e. The summed E-state index contributed by atoms with van der Waals surface area (Å²) in [6.45, 7) is 3.77. The van der Waals surface area contributed by atoms with Crippen LogP contribution in [-0.4, -0.2) is 34.2 Å². The van der Waals surface area contributed by atoms with Gasteiger partial charge in [-0.15, -0.1) is 0 Å². The molecule has 88 valence electrons. The maximum atomic E-state index is 11.9. The molecule has 0 bridgehead atoms. The molecule has 5 nitrogen and oxygen atoms in total. The Bertz CT molecular complexity index is 355. The Morgan fingerprint density at radius 3 is 2.94 bits per heavy atom. The average Bonchev–Trinajstić information content (AvgIpc) is 2.77. The second-order valence-electron chi connectivity index (χ2n) is 4.10. The molecule has 2 N–H and O–H groups in total. The number of H-pyrrole nitrogens is 1. The van der Waals surface area contributed by atoms with Gasteiger partial charge in [-0.3, -0.25) is 10.4 Å². The number of urea groups is 1. The van der Waals surface area contributed by atoms with Gasteiger partial charge < -0.3 is 4.90 Å². The van der Waals surface area contributed by atoms with Crippen LogP contribution in [0, 0.1) is 0 Å². The fourth-order valence-electron chi connectivity index (χ4n) is 1.97. The fourth-order valence-corrected chi connectivity index (χ4v) is 1.97. The highest BCUT2D eigenvalue weighted by molar-refractivity contribution is 5.89. The Labute approximate surface area is 95.2 Å². The van der Waals surface area contributed by atoms with Crippen molar-refractivity contribution in [2.75, 3.05) is 18.4 Å². The normalized spacial score (nSPS) is 16.2. The second kappa shape index (κ2) is 5.01. The van der Waals surface area contributed by atoms with E-state index in [0.29, 0.717) is 0 Å². The molecule has 0 aliphatic carbocycles. The van der Waals surface area contributed by atoms with Gasteiger partial charge >= 0.3 is 6.03 Å². The molecule has 0 saturated carbocycles. The summed E-state index contributed by atoms with van der Waals surface area (Å²) in [6.07, 6.45) is 6.07. The summed E-state index contributed by atoms with van der Waals surface area (Å²) < 4.78 is 0. The Morgan fingerprint density at radius 2 is 2.25 bits per heavy atom. The molecule has 0 aromatic carbocycles. The minimum absolute atomic E-state index is 0.0151. The van der Waals surface area contributed by atoms with Crippen molar-refractivity contribution >= 4 is 11.8 Å². The molecular formula is C11H18N4O. The molecule has 1 fully saturated rings. The summed E-state index contributed by atoms with van der Waals surface area (Å²) in [5.41, 5.74) is 1.05. The summed E-state index contributed by atoms with van der Waals surface area (Å²) in [4.78, 5) is 13.8. The molecule has 2 rings (SSSR count). The van der Waals surface area contributed by atoms with Gasteiger partial charge in [-0.05, 0) is 25.7 Å². The standard InChI is InChI=1S/C11H18N4O/c1-2-9-8-12-14-10(9)13-11(16)15-6-4-3-5-7-15/h8H,2-7H2,1H3,(H2,12,13,14,16). The van der Waals surface area contributed by atoms with E-state index in [1.54, 1.807) is 6.20 Å². The largest absolute Gasteiger partial charge is 0.325 e. The average molecular weight is 222 g/mol. The van der Waals surface area contributed by atoms with Crippen LogP contribution in [0.15, 0.2) is 6.20 Å². The number of likely N-dealkylation sites (tertiary alicyclic amines) is 1. The number of rotatable bonds is 2. The number of anilines is 1. The zero-order chi connectivity index (χ0) is 11.4. The molecule has 0 spiro atoms. The zero-order valence-electron chi connectivity index (χ0n) is 9.62. The number of amides is 2. The van der Waals surface area contributed by atoms with Gasteiger partial charge in [-0.25, -0.2) is 4.79 Å². The first kappa shape index (κ1) is 11.0. The van der Waals surface area contributed by atoms with Crippen molar-refractivity contribution in [1.82, 2.24) is 15.1 Å². The van der Waals surface area contributed by atoms with Gasteiger partial charge in [0.05, 0.1) is 6.20 Å². The third kappa shape index (κ3) is 2.35. The predicted molar refractivity (Wildman–Crippen MR) is 62.4 cm³/mol. The van der Waals surface area contributed by atoms with Crippen molar-refractivity contribution in [1.29, 1.82) is 0 Å². The summed E-state index contributed by atoms with van der Waals surface area (Å²) in [5, 5.41) is 9.63. The molecule has 5 heteroatoms. The van der Waals surface area contributed by atoms with Gasteiger partial charge in [0.2, 0.25) is 0 Å². The summed E-state index contributed by atoms with van der Waals surface area (Å²) in [6, 6.07) is -0.0151. The van der Waals surface area contributed by atoms with E-state index in [0.717, 1.165) is 43.7 Å². The molecule has 16 heavy (non-hydrogen) atoms. The number of hydrogen-bond acceptors (Lipinski definition) is 2. The third-order valence-corrected chi connectivity index (χ3v) is 2.97. The highest BCUT2D eigenvalue weighted by atomic mass is 16.2. The van der Waals surface area contributed by atoms with Gasteiger partial charge in [0, 0.05) is 18.7 Å². The molecular weight excluding hydrogens is 204 g/mol. The molecule has 1 aromatic heterocycles. The van der Waals surface area contributed by atoms with E-state index in [2.05, 4.69) is 15.5 Å². The maximum absolute atomic E-state index is 11.9. The van der Waals surface area contributed by atoms with Crippen molar-refractivity contribution in [2.24, 2.45) is 0 Å². The second-order valence-corrected chi connectivity index (χ2v) is 4.10. The van der Waals surface area contributed by atoms with E-state index in [9.17, 15) is 4.79 Å². The SMILES string of the molecule is CCc1cn[nH]c1NC(=O)N1CCCCC1. The quantitative estimate of drug-likeness (QED) is 0.803. The number of hydrogen-bond donors (Lipinski definition) is 2. The molecule has 0 unspecified atom stereocenters. The van der Waals surface area contributed by atoms with Gasteiger partial charge in [-0.2, -0.15) is 5.10 Å². The van der Waals surface area contributed by atoms with Crippen LogP contribution < -0.4 is 5.32 Å². The van der Waals surface area contributed by atoms with Crippen molar-refractivity contribution in [3.63, 3.8) is 0 Å². The van der Waals surface area contributed by atoms with Crippen LogP contribution in [0.4, 0.5) is 10.6 Å². The van der Waals surface area contributed by atoms with Crippen molar-refractivity contribution in [3.05, 3.63) is 11.8 Å². The van der Waals surface area contributed by atoms with Crippen molar-refractivity contribution in [2.45, 2.75) is 32.6 Å². The molecule has 2 heterocycles. The fraction of sp³-hybridized carbons (Fsp3) is 0.636. The van der Waals surface area contributed by atoms with Gasteiger partial charge in [-0.1, -0.05) is 6.92 Å². The number of aromatic amines is 1. The summed E-state index contributed by atoms with van der Waals surface area (Å²) >= 11 is 0. The van der Waals surface area contributed by atoms with Crippen molar-refractivity contribution in [3.8, 4) is 0 Å². The summed E-state index contributed by atoms with van der Waals surface area (Å²) in [5.74, 6) is 0.734. The van der Waals surface area contributed by atoms with Crippen LogP contribution in [0.25, 0.3) is 0 Å². The molecule has 1 aliphatic rings. The van der Waals surface area contributed by atoms with Crippen molar-refractivity contribution < 1.29 is 4.79 Å². The lowest BCUT2D eigenvalue weighted by Gasteiger charge is -2.26. The van der Waals surface area contributed by atoms with E-state index < -0.39 is 0 Å². The lowest BCUT2D eigenvalue weighted by molar-refractivity contribution is 0.200. The number of piperidine rings is 1. The van der Waals surface area contributed by atoms with E-state index >= 15 is 0 Å². The van der Waals surface area contributed by atoms with Gasteiger partial charge in [0.1, 0.15) is 5.82 Å². The van der Waals surface area contributed by atoms with Crippen LogP contribution >= 0.6 is 0 Å². The Morgan fingerprint density at radius 1 is 1.50 bits per heavy atom. The van der Waals surface area contributed by atoms with Gasteiger partial charge in [0.25, 0.3) is 0 Å². The Kier molecular flexibility index (Phi) is 3.44. The van der Waals surface area contributed by atoms with Crippen LogP contribution in [0.1, 0.15) is 31.7 Å². The van der Waals surface area contributed by atoms with E-state index in [1.807, 2.05) is 11.8 Å². The number of nitrogens with one attached hydrogen (secondary N) is 2. The Balaban J connectivity index is 1.95. The molecule has 1 saturated heterocycles. The van der Waals surface area contributed by atoms with Crippen LogP contribution in [-0.2, 0) is 6.42 Å². The molecule has 1 aromatic rings. The first-order chi connectivity index (χ1) is 7.81. The lowest BCUT2D eigenvalue weighted by Crippen LogP contribution is -2.38. The number of carbonyl (C=O) groups is 1. The zero-order valence-corrected chi connectivity index (χ0v) is 9.62. The predicted octanol–water partition coefficient (Wildman–Crippen LogP) is 1.99. The highest BCUT2D eigenvalue weighted by Crippen LogP contribution is 2.14. The molecule has 2 amide bonds.